The molecular weight excluding hydrogens is 798 g/mol. The van der Waals surface area contributed by atoms with E-state index >= 15 is 4.39 Å². The molecule has 4 N–H and O–H groups in total. The van der Waals surface area contributed by atoms with Gasteiger partial charge in [0.1, 0.15) is 23.2 Å². The molecule has 0 spiro atoms. The van der Waals surface area contributed by atoms with E-state index in [4.69, 9.17) is 4.74 Å². The minimum atomic E-state index is -5.68. The zero-order chi connectivity index (χ0) is 40.9. The first-order chi connectivity index (χ1) is 27.1. The zero-order valence-electron chi connectivity index (χ0n) is 31.2. The molecule has 0 radical (unpaired) electrons. The van der Waals surface area contributed by atoms with Crippen LogP contribution in [0, 0.1) is 5.82 Å². The number of amides is 6. The number of imide groups is 1. The van der Waals surface area contributed by atoms with Crippen LogP contribution in [-0.4, -0.2) is 130 Å². The zero-order valence-corrected chi connectivity index (χ0v) is 34.0. The Morgan fingerprint density at radius 1 is 1.02 bits per heavy atom. The number of likely N-dealkylation sites (N-methyl/N-ethyl adjacent to an activating group) is 1. The minimum Gasteiger partial charge on any atom is -0.731 e. The monoisotopic (exact) mass is 834 g/mol. The largest absolute Gasteiger partial charge is 1.00 e. The number of fused-ring (bicyclic) bond motifs is 1. The number of phenolic OH excluding ortho intramolecular Hbond substituents is 1. The normalized spacial score (nSPS) is 20.3. The van der Waals surface area contributed by atoms with Crippen LogP contribution in [-0.2, 0) is 34.2 Å². The van der Waals surface area contributed by atoms with Gasteiger partial charge in [0, 0.05) is 63.4 Å². The van der Waals surface area contributed by atoms with Crippen LogP contribution in [0.5, 0.6) is 5.75 Å². The molecule has 3 aliphatic heterocycles. The maximum atomic E-state index is 15.5. The quantitative estimate of drug-likeness (QED) is 0.0500. The van der Waals surface area contributed by atoms with Gasteiger partial charge in [-0.3, -0.25) is 28.9 Å². The van der Waals surface area contributed by atoms with Gasteiger partial charge in [0.25, 0.3) is 5.91 Å². The third kappa shape index (κ3) is 8.11. The van der Waals surface area contributed by atoms with E-state index in [1.807, 2.05) is 4.90 Å². The number of urea groups is 1. The molecule has 2 aromatic carbocycles. The number of hydrogen-bond donors (Lipinski definition) is 4. The number of phenols is 1. The average Bonchev–Trinajstić information content (AvgIpc) is 4.03. The van der Waals surface area contributed by atoms with Crippen molar-refractivity contribution < 1.29 is 85.5 Å². The van der Waals surface area contributed by atoms with Crippen LogP contribution in [0.2, 0.25) is 0 Å². The van der Waals surface area contributed by atoms with Crippen molar-refractivity contribution >= 4 is 62.5 Å². The summed E-state index contributed by atoms with van der Waals surface area (Å²) in [4.78, 5) is 96.3. The molecule has 1 aromatic heterocycles. The minimum absolute atomic E-state index is 0. The second-order valence-electron chi connectivity index (χ2n) is 13.8. The van der Waals surface area contributed by atoms with Crippen molar-refractivity contribution in [2.45, 2.75) is 44.1 Å². The molecule has 4 aliphatic rings. The van der Waals surface area contributed by atoms with Gasteiger partial charge in [0.15, 0.2) is 16.3 Å². The van der Waals surface area contributed by atoms with Crippen LogP contribution in [0.4, 0.5) is 14.9 Å². The van der Waals surface area contributed by atoms with Crippen molar-refractivity contribution in [2.24, 2.45) is 0 Å². The molecule has 23 heteroatoms. The van der Waals surface area contributed by atoms with Gasteiger partial charge in [0.2, 0.25) is 17.6 Å². The number of ether oxygens (including phenoxy) is 1. The predicted molar refractivity (Wildman–Crippen MR) is 193 cm³/mol. The van der Waals surface area contributed by atoms with Crippen molar-refractivity contribution in [3.8, 4) is 5.75 Å². The molecule has 3 aromatic rings. The van der Waals surface area contributed by atoms with Gasteiger partial charge in [-0.15, -0.1) is 0 Å². The predicted octanol–water partition coefficient (Wildman–Crippen LogP) is -3.99. The van der Waals surface area contributed by atoms with Gasteiger partial charge < -0.3 is 44.7 Å². The Balaban J connectivity index is 0.00000567. The van der Waals surface area contributed by atoms with Gasteiger partial charge >= 0.3 is 53.4 Å². The van der Waals surface area contributed by atoms with Crippen molar-refractivity contribution in [3.05, 3.63) is 69.8 Å². The summed E-state index contributed by atoms with van der Waals surface area (Å²) >= 11 is 0. The van der Waals surface area contributed by atoms with Gasteiger partial charge in [-0.2, -0.15) is 0 Å². The number of benzene rings is 2. The molecule has 4 heterocycles. The molecular formula is C35H36FN8NaO12S. The van der Waals surface area contributed by atoms with Gasteiger partial charge in [-0.1, -0.05) is 12.1 Å². The second kappa shape index (κ2) is 16.6. The molecule has 7 rings (SSSR count). The van der Waals surface area contributed by atoms with Crippen LogP contribution < -0.4 is 55.8 Å². The van der Waals surface area contributed by atoms with E-state index < -0.39 is 81.1 Å². The summed E-state index contributed by atoms with van der Waals surface area (Å²) in [5, 5.41) is 17.2. The Bertz CT molecular complexity index is 2370. The van der Waals surface area contributed by atoms with Crippen LogP contribution in [0.25, 0.3) is 10.9 Å². The summed E-state index contributed by atoms with van der Waals surface area (Å²) in [6.07, 6.45) is 0.193. The van der Waals surface area contributed by atoms with E-state index in [0.717, 1.165) is 18.2 Å². The van der Waals surface area contributed by atoms with Crippen LogP contribution >= 0.6 is 0 Å². The number of hydrogen-bond acceptors (Lipinski definition) is 14. The maximum absolute atomic E-state index is 15.5. The smallest absolute Gasteiger partial charge is 0.731 e. The number of nitrogens with zero attached hydrogens (tertiary/aromatic N) is 5. The molecule has 4 fully saturated rings. The van der Waals surface area contributed by atoms with Crippen molar-refractivity contribution in [1.82, 2.24) is 34.6 Å². The fourth-order valence-corrected chi connectivity index (χ4v) is 7.73. The molecule has 3 atom stereocenters. The number of halogens is 1. The summed E-state index contributed by atoms with van der Waals surface area (Å²) in [6.45, 7) is 3.86. The van der Waals surface area contributed by atoms with Crippen molar-refractivity contribution in [3.63, 3.8) is 0 Å². The number of aromatic hydroxyl groups is 1. The second-order valence-corrected chi connectivity index (χ2v) is 15.0. The van der Waals surface area contributed by atoms with E-state index in [1.54, 1.807) is 11.5 Å². The van der Waals surface area contributed by atoms with E-state index in [2.05, 4.69) is 16.0 Å². The third-order valence-corrected chi connectivity index (χ3v) is 11.0. The summed E-state index contributed by atoms with van der Waals surface area (Å²) in [6, 6.07) is 2.04. The number of anilines is 1. The SMILES string of the molecule is CCN1CCN(C(=O)N[C@@H](C(=O)N[C@@H]2C(=O)N(S(=O)(=O)[O-])C2OC(=O)c2cn(C3CC3)c3cc(N4CCNCC4)c(F)cc3c2=O)c2ccc(O)cc2)C(=O)C1=O.[Na+]. The van der Waals surface area contributed by atoms with Crippen LogP contribution in [0.3, 0.4) is 0 Å². The van der Waals surface area contributed by atoms with E-state index in [-0.39, 0.29) is 81.9 Å². The fraction of sp³-hybridized carbons (Fsp3) is 0.400. The summed E-state index contributed by atoms with van der Waals surface area (Å²) in [5.41, 5.74) is -1.09. The molecule has 0 bridgehead atoms. The molecule has 302 valence electrons. The summed E-state index contributed by atoms with van der Waals surface area (Å²) in [7, 11) is -5.68. The van der Waals surface area contributed by atoms with Crippen LogP contribution in [0.15, 0.2) is 47.4 Å². The molecule has 6 amide bonds. The number of carbonyl (C=O) groups excluding carboxylic acids is 6. The van der Waals surface area contributed by atoms with Gasteiger partial charge in [-0.05, 0) is 49.6 Å². The molecule has 1 unspecified atom stereocenters. The van der Waals surface area contributed by atoms with Crippen LogP contribution in [0.1, 0.15) is 47.8 Å². The molecule has 20 nitrogen and oxygen atoms in total. The summed E-state index contributed by atoms with van der Waals surface area (Å²) < 4.78 is 58.6. The Morgan fingerprint density at radius 2 is 1.69 bits per heavy atom. The number of β-lactam (4-membered cyclic amide) rings is 1. The Morgan fingerprint density at radius 3 is 2.31 bits per heavy atom. The average molecular weight is 835 g/mol. The number of nitrogens with one attached hydrogen (secondary N) is 3. The number of pyridine rings is 1. The van der Waals surface area contributed by atoms with Crippen molar-refractivity contribution in [2.75, 3.05) is 50.7 Å². The topological polar surface area (TPSA) is 260 Å². The molecule has 58 heavy (non-hydrogen) atoms. The third-order valence-electron chi connectivity index (χ3n) is 10.2. The Hall–Kier alpha value is -5.13. The van der Waals surface area contributed by atoms with E-state index in [9.17, 15) is 51.6 Å². The Kier molecular flexibility index (Phi) is 12.2. The molecule has 3 saturated heterocycles. The number of aromatic nitrogens is 1. The van der Waals surface area contributed by atoms with Gasteiger partial charge in [0.05, 0.1) is 11.2 Å². The first-order valence-electron chi connectivity index (χ1n) is 17.9. The number of piperazine rings is 2. The van der Waals surface area contributed by atoms with Crippen molar-refractivity contribution in [1.29, 1.82) is 0 Å². The Labute approximate surface area is 351 Å². The number of esters is 1. The fourth-order valence-electron chi connectivity index (χ4n) is 6.98. The standard InChI is InChI=1S/C35H37FN8O12S.Na/c1-2-40-13-14-42(32(50)31(40)49)35(52)39-26(18-3-7-20(45)8-4-18)29(47)38-27-30(48)44(57(53,54)55)33(27)56-34(51)22-17-43(19-5-6-19)24-16-25(41-11-9-37-10-12-41)23(36)15-21(24)28(22)46;/h3-4,7-8,15-17,19,26-27,33,37,45H,2,5-6,9-14H2,1H3,(H,38,47)(H,39,52)(H,53,54,55);/q;+1/p-1/t26-,27-,33?;/m1./s1. The first kappa shape index (κ1) is 42.5. The first-order valence-corrected chi connectivity index (χ1v) is 19.3. The number of carbonyl (C=O) groups is 6. The number of rotatable bonds is 10. The molecule has 1 saturated carbocycles. The maximum Gasteiger partial charge on any atom is 1.00 e. The van der Waals surface area contributed by atoms with E-state index in [0.29, 0.717) is 49.4 Å². The molecule has 1 aliphatic carbocycles. The summed E-state index contributed by atoms with van der Waals surface area (Å²) in [5.74, 6) is -7.37. The van der Waals surface area contributed by atoms with E-state index in [1.165, 1.54) is 29.3 Å². The van der Waals surface area contributed by atoms with Gasteiger partial charge in [-0.25, -0.2) is 26.7 Å².